The van der Waals surface area contributed by atoms with E-state index >= 15 is 0 Å². The molecule has 1 aromatic carbocycles. The fraction of sp³-hybridized carbons (Fsp3) is 0.500. The number of aliphatic imine (C=N–C) groups is 1. The molecule has 0 amide bonds. The lowest BCUT2D eigenvalue weighted by Gasteiger charge is -2.24. The maximum Gasteiger partial charge on any atom is 0.191 e. The molecule has 1 fully saturated rings. The van der Waals surface area contributed by atoms with Gasteiger partial charge >= 0.3 is 0 Å². The minimum atomic E-state index is -0.332. The molecule has 4 N–H and O–H groups in total. The fourth-order valence-electron chi connectivity index (χ4n) is 3.75. The zero-order valence-electron chi connectivity index (χ0n) is 17.5. The molecule has 0 aliphatic heterocycles. The second kappa shape index (κ2) is 10.6. The molecule has 1 saturated carbocycles. The first-order valence-electron chi connectivity index (χ1n) is 10.7. The third kappa shape index (κ3) is 5.50. The van der Waals surface area contributed by atoms with Gasteiger partial charge in [-0.05, 0) is 56.9 Å². The predicted octanol–water partition coefficient (Wildman–Crippen LogP) is 3.29. The molecule has 30 heavy (non-hydrogen) atoms. The number of hydrogen-bond acceptors (Lipinski definition) is 4. The molecule has 160 valence electrons. The van der Waals surface area contributed by atoms with E-state index in [1.165, 1.54) is 48.9 Å². The number of hydrogen-bond donors (Lipinski definition) is 3. The maximum absolute atomic E-state index is 13.2. The Kier molecular flexibility index (Phi) is 7.66. The van der Waals surface area contributed by atoms with Crippen LogP contribution in [0.4, 0.5) is 10.2 Å². The number of benzene rings is 1. The van der Waals surface area contributed by atoms with Crippen molar-refractivity contribution < 1.29 is 4.39 Å². The Bertz CT molecular complexity index is 889. The van der Waals surface area contributed by atoms with Crippen molar-refractivity contribution in [2.24, 2.45) is 4.99 Å². The minimum Gasteiger partial charge on any atom is -0.382 e. The number of nitrogens with zero attached hydrogens (tertiary/aromatic N) is 4. The van der Waals surface area contributed by atoms with Gasteiger partial charge in [0.25, 0.3) is 0 Å². The van der Waals surface area contributed by atoms with Gasteiger partial charge in [0.15, 0.2) is 5.96 Å². The topological polar surface area (TPSA) is 104 Å². The summed E-state index contributed by atoms with van der Waals surface area (Å²) in [6, 6.07) is 8.51. The Labute approximate surface area is 177 Å². The van der Waals surface area contributed by atoms with Crippen LogP contribution in [0.15, 0.2) is 29.3 Å². The third-order valence-electron chi connectivity index (χ3n) is 5.31. The largest absolute Gasteiger partial charge is 0.382 e. The summed E-state index contributed by atoms with van der Waals surface area (Å²) in [7, 11) is 0. The molecule has 0 radical (unpaired) electrons. The zero-order chi connectivity index (χ0) is 21.3. The van der Waals surface area contributed by atoms with Gasteiger partial charge in [-0.15, -0.1) is 0 Å². The van der Waals surface area contributed by atoms with Crippen LogP contribution in [-0.2, 0) is 6.42 Å². The number of aryl methyl sites for hydroxylation is 1. The molecule has 0 saturated heterocycles. The SMILES string of the molecule is CCNC(=NCCCc1nn(-c2ccc(F)cc2)c(N)c1C#N)NC1CCCCC1. The Balaban J connectivity index is 1.63. The molecule has 1 aliphatic carbocycles. The molecular weight excluding hydrogens is 381 g/mol. The van der Waals surface area contributed by atoms with Gasteiger partial charge in [0, 0.05) is 19.1 Å². The molecule has 7 nitrogen and oxygen atoms in total. The number of nitrogen functional groups attached to an aromatic ring is 1. The fourth-order valence-corrected chi connectivity index (χ4v) is 3.75. The zero-order valence-corrected chi connectivity index (χ0v) is 17.5. The summed E-state index contributed by atoms with van der Waals surface area (Å²) in [5, 5.41) is 20.8. The second-order valence-corrected chi connectivity index (χ2v) is 7.55. The van der Waals surface area contributed by atoms with Crippen LogP contribution in [0, 0.1) is 17.1 Å². The third-order valence-corrected chi connectivity index (χ3v) is 5.31. The van der Waals surface area contributed by atoms with Gasteiger partial charge in [0.1, 0.15) is 23.3 Å². The summed E-state index contributed by atoms with van der Waals surface area (Å²) in [5.74, 6) is 0.789. The summed E-state index contributed by atoms with van der Waals surface area (Å²) >= 11 is 0. The Morgan fingerprint density at radius 1 is 1.30 bits per heavy atom. The number of rotatable bonds is 7. The maximum atomic E-state index is 13.2. The quantitative estimate of drug-likeness (QED) is 0.368. The van der Waals surface area contributed by atoms with Gasteiger partial charge in [0.2, 0.25) is 0 Å². The van der Waals surface area contributed by atoms with E-state index in [1.807, 2.05) is 0 Å². The number of nitrogens with one attached hydrogen (secondary N) is 2. The lowest BCUT2D eigenvalue weighted by atomic mass is 9.96. The van der Waals surface area contributed by atoms with E-state index < -0.39 is 0 Å². The van der Waals surface area contributed by atoms with E-state index in [2.05, 4.69) is 33.7 Å². The number of guanidine groups is 1. The number of halogens is 1. The van der Waals surface area contributed by atoms with Crippen molar-refractivity contribution in [2.75, 3.05) is 18.8 Å². The standard InChI is InChI=1S/C22H30FN7/c1-2-26-22(28-17-7-4-3-5-8-17)27-14-6-9-20-19(15-24)21(25)30(29-20)18-12-10-16(23)11-13-18/h10-13,17H,2-9,14,25H2,1H3,(H2,26,27,28). The van der Waals surface area contributed by atoms with Crippen LogP contribution in [0.1, 0.15) is 56.7 Å². The lowest BCUT2D eigenvalue weighted by molar-refractivity contribution is 0.410. The van der Waals surface area contributed by atoms with Gasteiger partial charge in [-0.2, -0.15) is 10.4 Å². The van der Waals surface area contributed by atoms with E-state index in [-0.39, 0.29) is 11.6 Å². The highest BCUT2D eigenvalue weighted by Crippen LogP contribution is 2.22. The van der Waals surface area contributed by atoms with Crippen LogP contribution in [0.2, 0.25) is 0 Å². The summed E-state index contributed by atoms with van der Waals surface area (Å²) in [5.41, 5.74) is 7.75. The van der Waals surface area contributed by atoms with Gasteiger partial charge in [-0.25, -0.2) is 9.07 Å². The molecule has 0 unspecified atom stereocenters. The Morgan fingerprint density at radius 2 is 2.03 bits per heavy atom. The number of anilines is 1. The van der Waals surface area contributed by atoms with Crippen molar-refractivity contribution in [3.8, 4) is 11.8 Å². The molecular formula is C22H30FN7. The van der Waals surface area contributed by atoms with Gasteiger partial charge in [-0.1, -0.05) is 19.3 Å². The summed E-state index contributed by atoms with van der Waals surface area (Å²) in [4.78, 5) is 4.68. The van der Waals surface area contributed by atoms with E-state index in [1.54, 1.807) is 12.1 Å². The van der Waals surface area contributed by atoms with E-state index in [0.717, 1.165) is 18.9 Å². The van der Waals surface area contributed by atoms with Crippen LogP contribution in [-0.4, -0.2) is 34.9 Å². The van der Waals surface area contributed by atoms with Gasteiger partial charge in [0.05, 0.1) is 11.4 Å². The molecule has 2 aromatic rings. The van der Waals surface area contributed by atoms with Crippen molar-refractivity contribution in [2.45, 2.75) is 57.9 Å². The van der Waals surface area contributed by atoms with E-state index in [4.69, 9.17) is 5.73 Å². The van der Waals surface area contributed by atoms with Crippen LogP contribution in [0.3, 0.4) is 0 Å². The van der Waals surface area contributed by atoms with Crippen LogP contribution in [0.25, 0.3) is 5.69 Å². The second-order valence-electron chi connectivity index (χ2n) is 7.55. The first-order chi connectivity index (χ1) is 14.6. The molecule has 8 heteroatoms. The van der Waals surface area contributed by atoms with Gasteiger partial charge in [-0.3, -0.25) is 4.99 Å². The molecule has 1 aromatic heterocycles. The Morgan fingerprint density at radius 3 is 2.70 bits per heavy atom. The minimum absolute atomic E-state index is 0.273. The highest BCUT2D eigenvalue weighted by Gasteiger charge is 2.17. The normalized spacial score (nSPS) is 15.0. The number of nitriles is 1. The first-order valence-corrected chi connectivity index (χ1v) is 10.7. The molecule has 1 aliphatic rings. The molecule has 1 heterocycles. The van der Waals surface area contributed by atoms with Crippen molar-refractivity contribution in [3.05, 3.63) is 41.3 Å². The monoisotopic (exact) mass is 411 g/mol. The van der Waals surface area contributed by atoms with Gasteiger partial charge < -0.3 is 16.4 Å². The van der Waals surface area contributed by atoms with Crippen molar-refractivity contribution in [1.82, 2.24) is 20.4 Å². The average Bonchev–Trinajstić information content (AvgIpc) is 3.08. The van der Waals surface area contributed by atoms with Crippen molar-refractivity contribution in [1.29, 1.82) is 5.26 Å². The smallest absolute Gasteiger partial charge is 0.191 e. The highest BCUT2D eigenvalue weighted by molar-refractivity contribution is 5.80. The van der Waals surface area contributed by atoms with Crippen LogP contribution >= 0.6 is 0 Å². The van der Waals surface area contributed by atoms with E-state index in [9.17, 15) is 9.65 Å². The molecule has 0 bridgehead atoms. The number of nitrogens with two attached hydrogens (primary N) is 1. The number of aromatic nitrogens is 2. The highest BCUT2D eigenvalue weighted by atomic mass is 19.1. The average molecular weight is 412 g/mol. The van der Waals surface area contributed by atoms with Crippen LogP contribution in [0.5, 0.6) is 0 Å². The summed E-state index contributed by atoms with van der Waals surface area (Å²) < 4.78 is 14.7. The van der Waals surface area contributed by atoms with Crippen molar-refractivity contribution >= 4 is 11.8 Å². The molecule has 0 atom stereocenters. The molecule has 0 spiro atoms. The van der Waals surface area contributed by atoms with Crippen molar-refractivity contribution in [3.63, 3.8) is 0 Å². The Hall–Kier alpha value is -3.08. The molecule has 3 rings (SSSR count). The lowest BCUT2D eigenvalue weighted by Crippen LogP contribution is -2.44. The first kappa shape index (κ1) is 21.6. The van der Waals surface area contributed by atoms with E-state index in [0.29, 0.717) is 36.0 Å². The van der Waals surface area contributed by atoms with Crippen LogP contribution < -0.4 is 16.4 Å². The summed E-state index contributed by atoms with van der Waals surface area (Å²) in [6.45, 7) is 3.49. The summed E-state index contributed by atoms with van der Waals surface area (Å²) in [6.07, 6.45) is 7.58. The predicted molar refractivity (Wildman–Crippen MR) is 117 cm³/mol.